The van der Waals surface area contributed by atoms with E-state index in [1.54, 1.807) is 0 Å². The lowest BCUT2D eigenvalue weighted by molar-refractivity contribution is -0.135. The summed E-state index contributed by atoms with van der Waals surface area (Å²) in [6.45, 7) is 2.31. The van der Waals surface area contributed by atoms with Crippen molar-refractivity contribution in [3.63, 3.8) is 0 Å². The van der Waals surface area contributed by atoms with Crippen molar-refractivity contribution in [2.24, 2.45) is 5.73 Å². The van der Waals surface area contributed by atoms with Crippen molar-refractivity contribution >= 4 is 5.91 Å². The molecule has 17 heavy (non-hydrogen) atoms. The second-order valence-corrected chi connectivity index (χ2v) is 5.15. The highest BCUT2D eigenvalue weighted by Crippen LogP contribution is 2.28. The fraction of sp³-hybridized carbons (Fsp3) is 0.923. The van der Waals surface area contributed by atoms with Crippen LogP contribution in [-0.4, -0.2) is 42.6 Å². The average Bonchev–Trinajstić information content (AvgIpc) is 3.15. The molecule has 1 atom stereocenters. The van der Waals surface area contributed by atoms with Gasteiger partial charge in [0.25, 0.3) is 0 Å². The number of nitrogens with zero attached hydrogens (tertiary/aromatic N) is 1. The van der Waals surface area contributed by atoms with Crippen molar-refractivity contribution in [3.8, 4) is 0 Å². The first-order valence-corrected chi connectivity index (χ1v) is 6.92. The highest BCUT2D eigenvalue weighted by molar-refractivity contribution is 5.77. The SMILES string of the molecule is NCCCN(C(=O)CC1CCCCO1)C1CC1. The largest absolute Gasteiger partial charge is 0.378 e. The van der Waals surface area contributed by atoms with Crippen molar-refractivity contribution in [1.82, 2.24) is 4.90 Å². The Kier molecular flexibility index (Phi) is 4.80. The van der Waals surface area contributed by atoms with Gasteiger partial charge in [-0.15, -0.1) is 0 Å². The minimum atomic E-state index is 0.162. The minimum absolute atomic E-state index is 0.162. The number of amides is 1. The Bertz CT molecular complexity index is 248. The Morgan fingerprint density at radius 3 is 2.71 bits per heavy atom. The molecule has 2 aliphatic rings. The van der Waals surface area contributed by atoms with Gasteiger partial charge in [-0.3, -0.25) is 4.79 Å². The topological polar surface area (TPSA) is 55.6 Å². The van der Waals surface area contributed by atoms with E-state index in [4.69, 9.17) is 10.5 Å². The number of ether oxygens (including phenoxy) is 1. The van der Waals surface area contributed by atoms with E-state index in [0.717, 1.165) is 32.4 Å². The van der Waals surface area contributed by atoms with Gasteiger partial charge in [-0.05, 0) is 45.1 Å². The lowest BCUT2D eigenvalue weighted by Crippen LogP contribution is -2.37. The number of carbonyl (C=O) groups excluding carboxylic acids is 1. The fourth-order valence-electron chi connectivity index (χ4n) is 2.44. The standard InChI is InChI=1S/C13H24N2O2/c14-7-3-8-15(11-5-6-11)13(16)10-12-4-1-2-9-17-12/h11-12H,1-10,14H2. The van der Waals surface area contributed by atoms with Crippen LogP contribution in [0.3, 0.4) is 0 Å². The summed E-state index contributed by atoms with van der Waals surface area (Å²) in [7, 11) is 0. The van der Waals surface area contributed by atoms with Gasteiger partial charge in [-0.1, -0.05) is 0 Å². The lowest BCUT2D eigenvalue weighted by atomic mass is 10.1. The number of carbonyl (C=O) groups is 1. The Balaban J connectivity index is 1.78. The number of hydrogen-bond acceptors (Lipinski definition) is 3. The predicted molar refractivity (Wildman–Crippen MR) is 66.6 cm³/mol. The van der Waals surface area contributed by atoms with Gasteiger partial charge < -0.3 is 15.4 Å². The Morgan fingerprint density at radius 1 is 1.29 bits per heavy atom. The number of hydrogen-bond donors (Lipinski definition) is 1. The van der Waals surface area contributed by atoms with Gasteiger partial charge in [0.05, 0.1) is 12.5 Å². The normalized spacial score (nSPS) is 24.6. The maximum atomic E-state index is 12.2. The van der Waals surface area contributed by atoms with Gasteiger partial charge in [-0.2, -0.15) is 0 Å². The zero-order chi connectivity index (χ0) is 12.1. The molecule has 0 aromatic rings. The van der Waals surface area contributed by atoms with Crippen molar-refractivity contribution in [2.45, 2.75) is 57.1 Å². The molecule has 0 radical (unpaired) electrons. The molecule has 0 aromatic carbocycles. The van der Waals surface area contributed by atoms with E-state index < -0.39 is 0 Å². The Morgan fingerprint density at radius 2 is 2.12 bits per heavy atom. The number of nitrogens with two attached hydrogens (primary N) is 1. The van der Waals surface area contributed by atoms with Crippen molar-refractivity contribution < 1.29 is 9.53 Å². The molecule has 1 unspecified atom stereocenters. The van der Waals surface area contributed by atoms with Crippen LogP contribution in [-0.2, 0) is 9.53 Å². The van der Waals surface area contributed by atoms with Crippen molar-refractivity contribution in [1.29, 1.82) is 0 Å². The summed E-state index contributed by atoms with van der Waals surface area (Å²) in [4.78, 5) is 14.2. The highest BCUT2D eigenvalue weighted by atomic mass is 16.5. The van der Waals surface area contributed by atoms with E-state index in [0.29, 0.717) is 19.0 Å². The third-order valence-electron chi connectivity index (χ3n) is 3.59. The third-order valence-corrected chi connectivity index (χ3v) is 3.59. The molecule has 0 aromatic heterocycles. The molecule has 4 heteroatoms. The van der Waals surface area contributed by atoms with Crippen LogP contribution in [0.5, 0.6) is 0 Å². The summed E-state index contributed by atoms with van der Waals surface area (Å²) in [5.74, 6) is 0.271. The molecule has 0 bridgehead atoms. The Labute approximate surface area is 103 Å². The van der Waals surface area contributed by atoms with E-state index >= 15 is 0 Å². The third kappa shape index (κ3) is 3.96. The van der Waals surface area contributed by atoms with E-state index in [-0.39, 0.29) is 12.0 Å². The summed E-state index contributed by atoms with van der Waals surface area (Å²) in [6, 6.07) is 0.498. The monoisotopic (exact) mass is 240 g/mol. The highest BCUT2D eigenvalue weighted by Gasteiger charge is 2.33. The molecular weight excluding hydrogens is 216 g/mol. The molecule has 0 spiro atoms. The van der Waals surface area contributed by atoms with Crippen LogP contribution in [0.15, 0.2) is 0 Å². The zero-order valence-corrected chi connectivity index (χ0v) is 10.6. The van der Waals surface area contributed by atoms with E-state index in [1.165, 1.54) is 19.3 Å². The molecule has 98 valence electrons. The van der Waals surface area contributed by atoms with Gasteiger partial charge in [0.15, 0.2) is 0 Å². The summed E-state index contributed by atoms with van der Waals surface area (Å²) >= 11 is 0. The van der Waals surface area contributed by atoms with Crippen LogP contribution in [0.4, 0.5) is 0 Å². The smallest absolute Gasteiger partial charge is 0.225 e. The molecule has 1 aliphatic heterocycles. The zero-order valence-electron chi connectivity index (χ0n) is 10.6. The van der Waals surface area contributed by atoms with Gasteiger partial charge in [0, 0.05) is 19.2 Å². The van der Waals surface area contributed by atoms with Crippen molar-refractivity contribution in [3.05, 3.63) is 0 Å². The first-order chi connectivity index (χ1) is 8.31. The maximum Gasteiger partial charge on any atom is 0.225 e. The first kappa shape index (κ1) is 12.8. The molecule has 1 saturated carbocycles. The molecule has 2 rings (SSSR count). The molecular formula is C13H24N2O2. The van der Waals surface area contributed by atoms with Crippen LogP contribution in [0.2, 0.25) is 0 Å². The summed E-state index contributed by atoms with van der Waals surface area (Å²) in [5, 5.41) is 0. The van der Waals surface area contributed by atoms with Gasteiger partial charge in [-0.25, -0.2) is 0 Å². The summed E-state index contributed by atoms with van der Waals surface area (Å²) in [5.41, 5.74) is 5.52. The molecule has 1 amide bonds. The molecule has 2 fully saturated rings. The molecule has 1 aliphatic carbocycles. The number of rotatable bonds is 6. The van der Waals surface area contributed by atoms with E-state index in [1.807, 2.05) is 4.90 Å². The van der Waals surface area contributed by atoms with E-state index in [9.17, 15) is 4.79 Å². The fourth-order valence-corrected chi connectivity index (χ4v) is 2.44. The maximum absolute atomic E-state index is 12.2. The minimum Gasteiger partial charge on any atom is -0.378 e. The second-order valence-electron chi connectivity index (χ2n) is 5.15. The molecule has 4 nitrogen and oxygen atoms in total. The van der Waals surface area contributed by atoms with Gasteiger partial charge >= 0.3 is 0 Å². The average molecular weight is 240 g/mol. The summed E-state index contributed by atoms with van der Waals surface area (Å²) < 4.78 is 5.63. The molecule has 2 N–H and O–H groups in total. The van der Waals surface area contributed by atoms with E-state index in [2.05, 4.69) is 0 Å². The van der Waals surface area contributed by atoms with Crippen LogP contribution in [0, 0.1) is 0 Å². The Hall–Kier alpha value is -0.610. The lowest BCUT2D eigenvalue weighted by Gasteiger charge is -2.27. The predicted octanol–water partition coefficient (Wildman–Crippen LogP) is 1.29. The van der Waals surface area contributed by atoms with Crippen LogP contribution < -0.4 is 5.73 Å². The van der Waals surface area contributed by atoms with Crippen LogP contribution in [0.1, 0.15) is 44.9 Å². The van der Waals surface area contributed by atoms with Crippen LogP contribution in [0.25, 0.3) is 0 Å². The first-order valence-electron chi connectivity index (χ1n) is 6.92. The second kappa shape index (κ2) is 6.36. The van der Waals surface area contributed by atoms with Gasteiger partial charge in [0.1, 0.15) is 0 Å². The van der Waals surface area contributed by atoms with Crippen LogP contribution >= 0.6 is 0 Å². The summed E-state index contributed by atoms with van der Waals surface area (Å²) in [6.07, 6.45) is 7.36. The van der Waals surface area contributed by atoms with Gasteiger partial charge in [0.2, 0.25) is 5.91 Å². The quantitative estimate of drug-likeness (QED) is 0.761. The molecule has 1 heterocycles. The van der Waals surface area contributed by atoms with Crippen molar-refractivity contribution in [2.75, 3.05) is 19.7 Å². The molecule has 1 saturated heterocycles.